The van der Waals surface area contributed by atoms with E-state index in [0.29, 0.717) is 6.04 Å². The fourth-order valence-corrected chi connectivity index (χ4v) is 3.59. The highest BCUT2D eigenvalue weighted by molar-refractivity contribution is 5.11. The Labute approximate surface area is 145 Å². The Hall–Kier alpha value is -1.72. The van der Waals surface area contributed by atoms with E-state index < -0.39 is 0 Å². The lowest BCUT2D eigenvalue weighted by Gasteiger charge is -2.34. The minimum absolute atomic E-state index is 0.453. The van der Waals surface area contributed by atoms with E-state index in [2.05, 4.69) is 69.6 Å². The van der Waals surface area contributed by atoms with Crippen LogP contribution in [0.2, 0.25) is 0 Å². The first-order valence-corrected chi connectivity index (χ1v) is 9.09. The first-order valence-electron chi connectivity index (χ1n) is 9.09. The summed E-state index contributed by atoms with van der Waals surface area (Å²) >= 11 is 0. The Morgan fingerprint density at radius 3 is 2.79 bits per heavy atom. The standard InChI is InChI=1S/C19H29N5/c1-4-22(5-2)12-10-19-15-23(14-18-9-11-20-24(18)19)13-17-8-6-7-16(3)21-17/h6-9,11,19H,4-5,10,12-15H2,1-3H3. The van der Waals surface area contributed by atoms with Gasteiger partial charge in [-0.25, -0.2) is 0 Å². The maximum Gasteiger partial charge on any atom is 0.0662 e. The van der Waals surface area contributed by atoms with Crippen LogP contribution in [0.15, 0.2) is 30.5 Å². The smallest absolute Gasteiger partial charge is 0.0662 e. The van der Waals surface area contributed by atoms with E-state index in [1.807, 2.05) is 6.20 Å². The van der Waals surface area contributed by atoms with Crippen molar-refractivity contribution < 1.29 is 0 Å². The van der Waals surface area contributed by atoms with Crippen LogP contribution in [-0.2, 0) is 13.1 Å². The molecule has 0 N–H and O–H groups in total. The maximum atomic E-state index is 4.66. The molecule has 1 atom stereocenters. The third-order valence-electron chi connectivity index (χ3n) is 4.96. The van der Waals surface area contributed by atoms with Gasteiger partial charge in [0, 0.05) is 38.1 Å². The minimum Gasteiger partial charge on any atom is -0.304 e. The number of rotatable bonds is 7. The lowest BCUT2D eigenvalue weighted by molar-refractivity contribution is 0.148. The predicted octanol–water partition coefficient (Wildman–Crippen LogP) is 2.88. The van der Waals surface area contributed by atoms with E-state index in [-0.39, 0.29) is 0 Å². The van der Waals surface area contributed by atoms with Crippen LogP contribution in [0.1, 0.15) is 43.4 Å². The average molecular weight is 327 g/mol. The SMILES string of the molecule is CCN(CC)CCC1CN(Cc2cccc(C)n2)Cc2ccnn21. The van der Waals surface area contributed by atoms with Gasteiger partial charge in [-0.1, -0.05) is 19.9 Å². The molecule has 24 heavy (non-hydrogen) atoms. The van der Waals surface area contributed by atoms with Gasteiger partial charge in [-0.05, 0) is 44.6 Å². The summed E-state index contributed by atoms with van der Waals surface area (Å²) in [5, 5.41) is 4.58. The zero-order chi connectivity index (χ0) is 16.9. The van der Waals surface area contributed by atoms with Crippen molar-refractivity contribution in [2.45, 2.75) is 46.3 Å². The van der Waals surface area contributed by atoms with Crippen molar-refractivity contribution in [3.05, 3.63) is 47.5 Å². The van der Waals surface area contributed by atoms with Gasteiger partial charge in [0.05, 0.1) is 17.4 Å². The molecule has 0 amide bonds. The first-order chi connectivity index (χ1) is 11.7. The van der Waals surface area contributed by atoms with Crippen LogP contribution < -0.4 is 0 Å². The zero-order valence-electron chi connectivity index (χ0n) is 15.1. The molecule has 130 valence electrons. The number of aromatic nitrogens is 3. The summed E-state index contributed by atoms with van der Waals surface area (Å²) in [4.78, 5) is 9.66. The average Bonchev–Trinajstić information content (AvgIpc) is 3.04. The van der Waals surface area contributed by atoms with Gasteiger partial charge in [0.15, 0.2) is 0 Å². The lowest BCUT2D eigenvalue weighted by Crippen LogP contribution is -2.39. The molecule has 5 heteroatoms. The van der Waals surface area contributed by atoms with Crippen LogP contribution >= 0.6 is 0 Å². The molecule has 0 radical (unpaired) electrons. The van der Waals surface area contributed by atoms with Crippen LogP contribution in [0.3, 0.4) is 0 Å². The highest BCUT2D eigenvalue weighted by Gasteiger charge is 2.25. The van der Waals surface area contributed by atoms with Crippen molar-refractivity contribution in [3.8, 4) is 0 Å². The summed E-state index contributed by atoms with van der Waals surface area (Å²) in [5.74, 6) is 0. The number of fused-ring (bicyclic) bond motifs is 1. The van der Waals surface area contributed by atoms with E-state index in [4.69, 9.17) is 0 Å². The van der Waals surface area contributed by atoms with Crippen LogP contribution in [-0.4, -0.2) is 50.7 Å². The summed E-state index contributed by atoms with van der Waals surface area (Å²) in [5.41, 5.74) is 3.57. The quantitative estimate of drug-likeness (QED) is 0.784. The molecule has 0 fully saturated rings. The molecular weight excluding hydrogens is 298 g/mol. The van der Waals surface area contributed by atoms with Gasteiger partial charge in [0.1, 0.15) is 0 Å². The number of hydrogen-bond acceptors (Lipinski definition) is 4. The Bertz CT molecular complexity index is 647. The molecule has 0 spiro atoms. The molecule has 0 aromatic carbocycles. The van der Waals surface area contributed by atoms with Crippen molar-refractivity contribution in [2.24, 2.45) is 0 Å². The van der Waals surface area contributed by atoms with Gasteiger partial charge in [-0.15, -0.1) is 0 Å². The Morgan fingerprint density at radius 2 is 2.04 bits per heavy atom. The predicted molar refractivity (Wildman–Crippen MR) is 96.8 cm³/mol. The second-order valence-electron chi connectivity index (χ2n) is 6.68. The van der Waals surface area contributed by atoms with Crippen molar-refractivity contribution in [3.63, 3.8) is 0 Å². The van der Waals surface area contributed by atoms with Crippen LogP contribution in [0.5, 0.6) is 0 Å². The fraction of sp³-hybridized carbons (Fsp3) is 0.579. The highest BCUT2D eigenvalue weighted by Crippen LogP contribution is 2.24. The van der Waals surface area contributed by atoms with Crippen LogP contribution in [0.4, 0.5) is 0 Å². The molecule has 1 aliphatic rings. The molecule has 3 rings (SSSR count). The largest absolute Gasteiger partial charge is 0.304 e. The zero-order valence-corrected chi connectivity index (χ0v) is 15.1. The molecule has 0 bridgehead atoms. The third kappa shape index (κ3) is 4.02. The molecule has 1 aliphatic heterocycles. The summed E-state index contributed by atoms with van der Waals surface area (Å²) < 4.78 is 2.24. The topological polar surface area (TPSA) is 37.2 Å². The summed E-state index contributed by atoms with van der Waals surface area (Å²) in [6.45, 7) is 12.8. The van der Waals surface area contributed by atoms with Gasteiger partial charge in [0.2, 0.25) is 0 Å². The minimum atomic E-state index is 0.453. The molecule has 1 unspecified atom stereocenters. The van der Waals surface area contributed by atoms with Gasteiger partial charge < -0.3 is 4.90 Å². The van der Waals surface area contributed by atoms with Crippen molar-refractivity contribution in [1.82, 2.24) is 24.6 Å². The van der Waals surface area contributed by atoms with E-state index in [1.54, 1.807) is 0 Å². The number of aryl methyl sites for hydroxylation is 1. The van der Waals surface area contributed by atoms with Crippen LogP contribution in [0, 0.1) is 6.92 Å². The van der Waals surface area contributed by atoms with Crippen molar-refractivity contribution in [1.29, 1.82) is 0 Å². The molecular formula is C19H29N5. The molecule has 2 aromatic heterocycles. The van der Waals surface area contributed by atoms with E-state index >= 15 is 0 Å². The van der Waals surface area contributed by atoms with Gasteiger partial charge in [-0.3, -0.25) is 14.6 Å². The Kier molecular flexibility index (Phi) is 5.63. The fourth-order valence-electron chi connectivity index (χ4n) is 3.59. The molecule has 0 saturated carbocycles. The molecule has 0 aliphatic carbocycles. The molecule has 2 aromatic rings. The summed E-state index contributed by atoms with van der Waals surface area (Å²) in [6, 6.07) is 8.89. The summed E-state index contributed by atoms with van der Waals surface area (Å²) in [6.07, 6.45) is 3.09. The second kappa shape index (κ2) is 7.90. The molecule has 3 heterocycles. The molecule has 0 saturated heterocycles. The first kappa shape index (κ1) is 17.1. The Morgan fingerprint density at radius 1 is 1.21 bits per heavy atom. The van der Waals surface area contributed by atoms with E-state index in [1.165, 1.54) is 5.69 Å². The highest BCUT2D eigenvalue weighted by atomic mass is 15.4. The van der Waals surface area contributed by atoms with Gasteiger partial charge in [0.25, 0.3) is 0 Å². The van der Waals surface area contributed by atoms with Crippen LogP contribution in [0.25, 0.3) is 0 Å². The van der Waals surface area contributed by atoms with E-state index in [0.717, 1.165) is 57.1 Å². The normalized spacial score (nSPS) is 18.1. The Balaban J connectivity index is 1.68. The summed E-state index contributed by atoms with van der Waals surface area (Å²) in [7, 11) is 0. The van der Waals surface area contributed by atoms with Gasteiger partial charge >= 0.3 is 0 Å². The third-order valence-corrected chi connectivity index (χ3v) is 4.96. The maximum absolute atomic E-state index is 4.66. The van der Waals surface area contributed by atoms with Crippen molar-refractivity contribution in [2.75, 3.05) is 26.2 Å². The number of nitrogens with zero attached hydrogens (tertiary/aromatic N) is 5. The second-order valence-corrected chi connectivity index (χ2v) is 6.68. The number of hydrogen-bond donors (Lipinski definition) is 0. The number of pyridine rings is 1. The van der Waals surface area contributed by atoms with Crippen molar-refractivity contribution >= 4 is 0 Å². The van der Waals surface area contributed by atoms with E-state index in [9.17, 15) is 0 Å². The van der Waals surface area contributed by atoms with Gasteiger partial charge in [-0.2, -0.15) is 5.10 Å². The lowest BCUT2D eigenvalue weighted by atomic mass is 10.1. The monoisotopic (exact) mass is 327 g/mol. The molecule has 5 nitrogen and oxygen atoms in total.